The number of rotatable bonds is 2. The molecule has 0 radical (unpaired) electrons. The second-order valence-corrected chi connectivity index (χ2v) is 5.87. The molecule has 0 aromatic carbocycles. The van der Waals surface area contributed by atoms with Crippen LogP contribution in [0.25, 0.3) is 0 Å². The highest BCUT2D eigenvalue weighted by Gasteiger charge is 2.42. The van der Waals surface area contributed by atoms with Crippen molar-refractivity contribution in [3.63, 3.8) is 0 Å². The second kappa shape index (κ2) is 5.79. The lowest BCUT2D eigenvalue weighted by molar-refractivity contribution is -0.175. The van der Waals surface area contributed by atoms with Crippen LogP contribution in [-0.4, -0.2) is 29.2 Å². The van der Waals surface area contributed by atoms with Gasteiger partial charge in [0.25, 0.3) is 0 Å². The number of piperidine rings is 1. The number of nitrogens with two attached hydrogens (primary N) is 1. The SMILES string of the molecule is Cc1cc(N2CCCC(C(F)(F)F)C2)c(C(N)=S)c(C)n1. The molecule has 1 aliphatic heterocycles. The lowest BCUT2D eigenvalue weighted by Gasteiger charge is -2.36. The zero-order valence-corrected chi connectivity index (χ0v) is 12.8. The van der Waals surface area contributed by atoms with Crippen molar-refractivity contribution in [1.82, 2.24) is 4.98 Å². The van der Waals surface area contributed by atoms with Gasteiger partial charge in [0.1, 0.15) is 4.99 Å². The molecule has 1 aromatic rings. The average Bonchev–Trinajstić information content (AvgIpc) is 2.36. The fraction of sp³-hybridized carbons (Fsp3) is 0.571. The third kappa shape index (κ3) is 3.45. The Hall–Kier alpha value is -1.37. The number of hydrogen-bond acceptors (Lipinski definition) is 3. The normalized spacial score (nSPS) is 19.7. The number of pyridine rings is 1. The summed E-state index contributed by atoms with van der Waals surface area (Å²) in [5, 5.41) is 0. The Balaban J connectivity index is 2.39. The van der Waals surface area contributed by atoms with Crippen LogP contribution in [0.15, 0.2) is 6.07 Å². The highest BCUT2D eigenvalue weighted by molar-refractivity contribution is 7.80. The van der Waals surface area contributed by atoms with Crippen molar-refractivity contribution in [3.8, 4) is 0 Å². The predicted octanol–water partition coefficient (Wildman–Crippen LogP) is 3.11. The molecule has 2 N–H and O–H groups in total. The first-order valence-electron chi connectivity index (χ1n) is 6.80. The number of aryl methyl sites for hydroxylation is 2. The lowest BCUT2D eigenvalue weighted by Crippen LogP contribution is -2.42. The van der Waals surface area contributed by atoms with Crippen LogP contribution in [0.4, 0.5) is 18.9 Å². The summed E-state index contributed by atoms with van der Waals surface area (Å²) in [6.45, 7) is 4.11. The van der Waals surface area contributed by atoms with Gasteiger partial charge in [-0.3, -0.25) is 4.98 Å². The average molecular weight is 317 g/mol. The Bertz CT molecular complexity index is 557. The molecule has 21 heavy (non-hydrogen) atoms. The Morgan fingerprint density at radius 2 is 2.10 bits per heavy atom. The number of aromatic nitrogens is 1. The Morgan fingerprint density at radius 3 is 2.67 bits per heavy atom. The van der Waals surface area contributed by atoms with Crippen LogP contribution in [-0.2, 0) is 0 Å². The Kier molecular flexibility index (Phi) is 4.41. The van der Waals surface area contributed by atoms with Gasteiger partial charge in [-0.25, -0.2) is 0 Å². The summed E-state index contributed by atoms with van der Waals surface area (Å²) in [4.78, 5) is 6.21. The molecule has 1 fully saturated rings. The summed E-state index contributed by atoms with van der Waals surface area (Å²) in [7, 11) is 0. The molecule has 1 atom stereocenters. The van der Waals surface area contributed by atoms with Gasteiger partial charge in [-0.2, -0.15) is 13.2 Å². The van der Waals surface area contributed by atoms with E-state index in [4.69, 9.17) is 18.0 Å². The Morgan fingerprint density at radius 1 is 1.43 bits per heavy atom. The van der Waals surface area contributed by atoms with E-state index >= 15 is 0 Å². The topological polar surface area (TPSA) is 42.1 Å². The van der Waals surface area contributed by atoms with Crippen LogP contribution >= 0.6 is 12.2 Å². The van der Waals surface area contributed by atoms with Gasteiger partial charge < -0.3 is 10.6 Å². The third-order valence-corrected chi connectivity index (χ3v) is 3.98. The third-order valence-electron chi connectivity index (χ3n) is 3.78. The van der Waals surface area contributed by atoms with Crippen molar-refractivity contribution in [1.29, 1.82) is 0 Å². The highest BCUT2D eigenvalue weighted by atomic mass is 32.1. The van der Waals surface area contributed by atoms with E-state index in [1.54, 1.807) is 17.9 Å². The molecule has 116 valence electrons. The van der Waals surface area contributed by atoms with Gasteiger partial charge in [-0.1, -0.05) is 12.2 Å². The monoisotopic (exact) mass is 317 g/mol. The van der Waals surface area contributed by atoms with Crippen molar-refractivity contribution >= 4 is 22.9 Å². The summed E-state index contributed by atoms with van der Waals surface area (Å²) in [6.07, 6.45) is -3.49. The molecule has 0 amide bonds. The maximum atomic E-state index is 13.0. The zero-order chi connectivity index (χ0) is 15.8. The predicted molar refractivity (Wildman–Crippen MR) is 80.6 cm³/mol. The molecule has 0 bridgehead atoms. The molecule has 2 heterocycles. The second-order valence-electron chi connectivity index (χ2n) is 5.43. The lowest BCUT2D eigenvalue weighted by atomic mass is 9.96. The van der Waals surface area contributed by atoms with Crippen molar-refractivity contribution in [3.05, 3.63) is 23.0 Å². The molecule has 0 spiro atoms. The largest absolute Gasteiger partial charge is 0.393 e. The van der Waals surface area contributed by atoms with Crippen molar-refractivity contribution in [2.75, 3.05) is 18.0 Å². The minimum Gasteiger partial charge on any atom is -0.389 e. The maximum absolute atomic E-state index is 13.0. The van der Waals surface area contributed by atoms with Crippen LogP contribution in [0, 0.1) is 19.8 Å². The number of nitrogens with zero attached hydrogens (tertiary/aromatic N) is 2. The van der Waals surface area contributed by atoms with Gasteiger partial charge in [-0.05, 0) is 32.8 Å². The fourth-order valence-electron chi connectivity index (χ4n) is 2.83. The van der Waals surface area contributed by atoms with Crippen LogP contribution in [0.1, 0.15) is 29.8 Å². The van der Waals surface area contributed by atoms with E-state index in [9.17, 15) is 13.2 Å². The van der Waals surface area contributed by atoms with Crippen LogP contribution in [0.5, 0.6) is 0 Å². The summed E-state index contributed by atoms with van der Waals surface area (Å²) in [5.41, 5.74) is 8.39. The van der Waals surface area contributed by atoms with Gasteiger partial charge in [0.2, 0.25) is 0 Å². The summed E-state index contributed by atoms with van der Waals surface area (Å²) < 4.78 is 38.9. The van der Waals surface area contributed by atoms with E-state index in [0.29, 0.717) is 29.9 Å². The molecule has 0 aliphatic carbocycles. The van der Waals surface area contributed by atoms with E-state index < -0.39 is 12.1 Å². The number of thiocarbonyl (C=S) groups is 1. The van der Waals surface area contributed by atoms with E-state index in [0.717, 1.165) is 5.69 Å². The molecule has 2 rings (SSSR count). The van der Waals surface area contributed by atoms with E-state index in [1.807, 2.05) is 6.92 Å². The van der Waals surface area contributed by atoms with Crippen molar-refractivity contribution in [2.24, 2.45) is 11.7 Å². The highest BCUT2D eigenvalue weighted by Crippen LogP contribution is 2.36. The zero-order valence-electron chi connectivity index (χ0n) is 12.0. The molecule has 3 nitrogen and oxygen atoms in total. The number of alkyl halides is 3. The van der Waals surface area contributed by atoms with Crippen LogP contribution in [0.2, 0.25) is 0 Å². The Labute approximate surface area is 127 Å². The molecule has 7 heteroatoms. The van der Waals surface area contributed by atoms with Gasteiger partial charge in [0.15, 0.2) is 0 Å². The van der Waals surface area contributed by atoms with E-state index in [2.05, 4.69) is 4.98 Å². The van der Waals surface area contributed by atoms with Gasteiger partial charge in [0, 0.05) is 24.5 Å². The number of halogens is 3. The smallest absolute Gasteiger partial charge is 0.389 e. The first-order valence-corrected chi connectivity index (χ1v) is 7.20. The first kappa shape index (κ1) is 16.0. The summed E-state index contributed by atoms with van der Waals surface area (Å²) >= 11 is 5.04. The van der Waals surface area contributed by atoms with Crippen molar-refractivity contribution < 1.29 is 13.2 Å². The molecule has 0 saturated carbocycles. The van der Waals surface area contributed by atoms with Gasteiger partial charge in [0.05, 0.1) is 17.2 Å². The molecule has 1 aliphatic rings. The molecule has 1 unspecified atom stereocenters. The van der Waals surface area contributed by atoms with E-state index in [1.165, 1.54) is 0 Å². The fourth-order valence-corrected chi connectivity index (χ4v) is 3.08. The minimum atomic E-state index is -4.17. The van der Waals surface area contributed by atoms with Crippen LogP contribution < -0.4 is 10.6 Å². The molecular formula is C14H18F3N3S. The van der Waals surface area contributed by atoms with Crippen LogP contribution in [0.3, 0.4) is 0 Å². The standard InChI is InChI=1S/C14H18F3N3S/c1-8-6-11(12(13(18)21)9(2)19-8)20-5-3-4-10(7-20)14(15,16)17/h6,10H,3-5,7H2,1-2H3,(H2,18,21). The number of anilines is 1. The first-order chi connectivity index (χ1) is 9.70. The van der Waals surface area contributed by atoms with Crippen molar-refractivity contribution in [2.45, 2.75) is 32.9 Å². The molecule has 1 saturated heterocycles. The quantitative estimate of drug-likeness (QED) is 0.851. The summed E-state index contributed by atoms with van der Waals surface area (Å²) in [5.74, 6) is -1.31. The minimum absolute atomic E-state index is 0.0536. The summed E-state index contributed by atoms with van der Waals surface area (Å²) in [6, 6.07) is 1.76. The molecule has 1 aromatic heterocycles. The molecular weight excluding hydrogens is 299 g/mol. The maximum Gasteiger partial charge on any atom is 0.393 e. The number of hydrogen-bond donors (Lipinski definition) is 1. The van der Waals surface area contributed by atoms with Gasteiger partial charge >= 0.3 is 6.18 Å². The van der Waals surface area contributed by atoms with Gasteiger partial charge in [-0.15, -0.1) is 0 Å². The van der Waals surface area contributed by atoms with E-state index in [-0.39, 0.29) is 18.0 Å².